The SMILES string of the molecule is C=CC(=O)NC1CC2CN(S(=O)(=O)c3ccc(NC(=O)CCc4ccccc4)c(Cl)c3)CC2C1. The highest BCUT2D eigenvalue weighted by Crippen LogP contribution is 2.40. The first-order valence-electron chi connectivity index (χ1n) is 11.3. The second kappa shape index (κ2) is 10.3. The molecular weight excluding hydrogens is 474 g/mol. The average molecular weight is 502 g/mol. The summed E-state index contributed by atoms with van der Waals surface area (Å²) >= 11 is 6.33. The maximum Gasteiger partial charge on any atom is 0.243 e. The van der Waals surface area contributed by atoms with Crippen molar-refractivity contribution in [2.45, 2.75) is 36.6 Å². The minimum atomic E-state index is -3.71. The highest BCUT2D eigenvalue weighted by atomic mass is 35.5. The van der Waals surface area contributed by atoms with Crippen molar-refractivity contribution in [1.82, 2.24) is 9.62 Å². The van der Waals surface area contributed by atoms with E-state index in [1.807, 2.05) is 30.3 Å². The zero-order valence-electron chi connectivity index (χ0n) is 18.7. The first-order chi connectivity index (χ1) is 16.3. The van der Waals surface area contributed by atoms with Crippen LogP contribution in [0.4, 0.5) is 5.69 Å². The van der Waals surface area contributed by atoms with Gasteiger partial charge in [-0.25, -0.2) is 8.42 Å². The summed E-state index contributed by atoms with van der Waals surface area (Å²) in [4.78, 5) is 24.0. The summed E-state index contributed by atoms with van der Waals surface area (Å²) in [6.45, 7) is 4.31. The number of halogens is 1. The van der Waals surface area contributed by atoms with Gasteiger partial charge in [-0.1, -0.05) is 48.5 Å². The van der Waals surface area contributed by atoms with E-state index in [1.165, 1.54) is 28.6 Å². The van der Waals surface area contributed by atoms with Gasteiger partial charge < -0.3 is 10.6 Å². The Labute approximate surface area is 205 Å². The number of carbonyl (C=O) groups excluding carboxylic acids is 2. The molecule has 1 heterocycles. The first kappa shape index (κ1) is 24.4. The number of amides is 2. The van der Waals surface area contributed by atoms with Gasteiger partial charge in [0.2, 0.25) is 21.8 Å². The molecule has 2 aromatic rings. The number of fused-ring (bicyclic) bond motifs is 1. The summed E-state index contributed by atoms with van der Waals surface area (Å²) in [7, 11) is -3.71. The van der Waals surface area contributed by atoms with Gasteiger partial charge in [0.05, 0.1) is 15.6 Å². The van der Waals surface area contributed by atoms with Crippen molar-refractivity contribution in [3.05, 3.63) is 71.8 Å². The molecule has 1 saturated carbocycles. The Morgan fingerprint density at radius 2 is 1.76 bits per heavy atom. The van der Waals surface area contributed by atoms with Gasteiger partial charge in [0.25, 0.3) is 0 Å². The molecule has 1 aliphatic heterocycles. The molecule has 2 amide bonds. The number of rotatable bonds is 8. The summed E-state index contributed by atoms with van der Waals surface area (Å²) in [5.41, 5.74) is 1.45. The Morgan fingerprint density at radius 3 is 2.38 bits per heavy atom. The number of hydrogen-bond acceptors (Lipinski definition) is 4. The predicted octanol–water partition coefficient (Wildman–Crippen LogP) is 3.61. The average Bonchev–Trinajstić information content (AvgIpc) is 3.39. The number of hydrogen-bond donors (Lipinski definition) is 2. The lowest BCUT2D eigenvalue weighted by Gasteiger charge is -2.20. The van der Waals surface area contributed by atoms with E-state index in [9.17, 15) is 18.0 Å². The van der Waals surface area contributed by atoms with E-state index in [-0.39, 0.29) is 39.6 Å². The zero-order valence-corrected chi connectivity index (χ0v) is 20.3. The van der Waals surface area contributed by atoms with E-state index in [2.05, 4.69) is 17.2 Å². The number of nitrogens with one attached hydrogen (secondary N) is 2. The third-order valence-corrected chi connectivity index (χ3v) is 8.73. The number of sulfonamides is 1. The van der Waals surface area contributed by atoms with E-state index in [0.29, 0.717) is 31.6 Å². The number of aryl methyl sites for hydroxylation is 1. The molecule has 180 valence electrons. The van der Waals surface area contributed by atoms with Crippen molar-refractivity contribution in [3.63, 3.8) is 0 Å². The molecule has 0 bridgehead atoms. The number of nitrogens with zero attached hydrogens (tertiary/aromatic N) is 1. The first-order valence-corrected chi connectivity index (χ1v) is 13.1. The molecule has 1 saturated heterocycles. The molecule has 2 N–H and O–H groups in total. The summed E-state index contributed by atoms with van der Waals surface area (Å²) in [6, 6.07) is 14.2. The molecule has 0 aromatic heterocycles. The maximum absolute atomic E-state index is 13.2. The molecule has 2 atom stereocenters. The Bertz CT molecular complexity index is 1170. The second-order valence-electron chi connectivity index (χ2n) is 8.90. The maximum atomic E-state index is 13.2. The summed E-state index contributed by atoms with van der Waals surface area (Å²) in [5.74, 6) is 0.0373. The van der Waals surface area contributed by atoms with E-state index in [1.54, 1.807) is 0 Å². The molecule has 2 aromatic carbocycles. The van der Waals surface area contributed by atoms with Crippen LogP contribution < -0.4 is 10.6 Å². The number of anilines is 1. The van der Waals surface area contributed by atoms with Gasteiger partial charge >= 0.3 is 0 Å². The van der Waals surface area contributed by atoms with E-state index in [4.69, 9.17) is 11.6 Å². The van der Waals surface area contributed by atoms with Crippen LogP contribution in [-0.2, 0) is 26.0 Å². The largest absolute Gasteiger partial charge is 0.350 e. The summed E-state index contributed by atoms with van der Waals surface area (Å²) in [6.07, 6.45) is 3.66. The molecule has 1 aliphatic carbocycles. The molecule has 0 spiro atoms. The lowest BCUT2D eigenvalue weighted by Crippen LogP contribution is -2.35. The van der Waals surface area contributed by atoms with Crippen LogP contribution in [0.3, 0.4) is 0 Å². The van der Waals surface area contributed by atoms with Crippen molar-refractivity contribution < 1.29 is 18.0 Å². The molecule has 34 heavy (non-hydrogen) atoms. The van der Waals surface area contributed by atoms with Crippen molar-refractivity contribution in [2.24, 2.45) is 11.8 Å². The minimum absolute atomic E-state index is 0.0598. The van der Waals surface area contributed by atoms with Crippen molar-refractivity contribution in [2.75, 3.05) is 18.4 Å². The molecule has 4 rings (SSSR count). The second-order valence-corrected chi connectivity index (χ2v) is 11.2. The molecule has 7 nitrogen and oxygen atoms in total. The predicted molar refractivity (Wildman–Crippen MR) is 132 cm³/mol. The van der Waals surface area contributed by atoms with Crippen LogP contribution in [0.15, 0.2) is 66.1 Å². The van der Waals surface area contributed by atoms with Crippen molar-refractivity contribution in [1.29, 1.82) is 0 Å². The molecule has 0 radical (unpaired) electrons. The van der Waals surface area contributed by atoms with Gasteiger partial charge in [-0.2, -0.15) is 4.31 Å². The molecule has 2 unspecified atom stereocenters. The fourth-order valence-corrected chi connectivity index (χ4v) is 6.73. The van der Waals surface area contributed by atoms with Crippen LogP contribution in [0, 0.1) is 11.8 Å². The lowest BCUT2D eigenvalue weighted by molar-refractivity contribution is -0.117. The number of benzene rings is 2. The highest BCUT2D eigenvalue weighted by molar-refractivity contribution is 7.89. The molecule has 2 aliphatic rings. The van der Waals surface area contributed by atoms with Crippen LogP contribution in [0.25, 0.3) is 0 Å². The zero-order chi connectivity index (χ0) is 24.3. The smallest absolute Gasteiger partial charge is 0.243 e. The van der Waals surface area contributed by atoms with Crippen LogP contribution >= 0.6 is 11.6 Å². The normalized spacial score (nSPS) is 22.2. The van der Waals surface area contributed by atoms with E-state index in [0.717, 1.165) is 18.4 Å². The van der Waals surface area contributed by atoms with Gasteiger partial charge in [0.15, 0.2) is 0 Å². The van der Waals surface area contributed by atoms with Crippen LogP contribution in [0.1, 0.15) is 24.8 Å². The summed E-state index contributed by atoms with van der Waals surface area (Å²) in [5, 5.41) is 5.86. The molecule has 9 heteroatoms. The summed E-state index contributed by atoms with van der Waals surface area (Å²) < 4.78 is 27.9. The monoisotopic (exact) mass is 501 g/mol. The third kappa shape index (κ3) is 5.51. The molecule has 2 fully saturated rings. The van der Waals surface area contributed by atoms with Crippen LogP contribution in [-0.4, -0.2) is 43.7 Å². The van der Waals surface area contributed by atoms with E-state index >= 15 is 0 Å². The Hall–Kier alpha value is -2.68. The minimum Gasteiger partial charge on any atom is -0.350 e. The van der Waals surface area contributed by atoms with Gasteiger partial charge in [-0.05, 0) is 60.9 Å². The van der Waals surface area contributed by atoms with Crippen molar-refractivity contribution >= 4 is 39.1 Å². The fraction of sp³-hybridized carbons (Fsp3) is 0.360. The van der Waals surface area contributed by atoms with Crippen LogP contribution in [0.5, 0.6) is 0 Å². The quantitative estimate of drug-likeness (QED) is 0.540. The molecular formula is C25H28ClN3O4S. The number of carbonyl (C=O) groups is 2. The van der Waals surface area contributed by atoms with Gasteiger partial charge in [0, 0.05) is 25.6 Å². The Balaban J connectivity index is 1.35. The van der Waals surface area contributed by atoms with Gasteiger partial charge in [0.1, 0.15) is 0 Å². The topological polar surface area (TPSA) is 95.6 Å². The van der Waals surface area contributed by atoms with Gasteiger partial charge in [-0.3, -0.25) is 9.59 Å². The Kier molecular flexibility index (Phi) is 7.40. The van der Waals surface area contributed by atoms with Crippen molar-refractivity contribution in [3.8, 4) is 0 Å². The van der Waals surface area contributed by atoms with Gasteiger partial charge in [-0.15, -0.1) is 0 Å². The fourth-order valence-electron chi connectivity index (χ4n) is 4.85. The van der Waals surface area contributed by atoms with E-state index < -0.39 is 10.0 Å². The Morgan fingerprint density at radius 1 is 1.09 bits per heavy atom. The van der Waals surface area contributed by atoms with Crippen LogP contribution in [0.2, 0.25) is 5.02 Å². The lowest BCUT2D eigenvalue weighted by atomic mass is 10.0. The highest BCUT2D eigenvalue weighted by Gasteiger charge is 2.45. The standard InChI is InChI=1S/C25H28ClN3O4S/c1-2-24(30)27-20-12-18-15-29(16-19(18)13-20)34(32,33)21-9-10-23(22(26)14-21)28-25(31)11-8-17-6-4-3-5-7-17/h2-7,9-10,14,18-20H,1,8,11-13,15-16H2,(H,27,30)(H,28,31). The third-order valence-electron chi connectivity index (χ3n) is 6.59.